The molecule has 0 spiro atoms. The number of rotatable bonds is 0. The zero-order valence-electron chi connectivity index (χ0n) is 9.60. The van der Waals surface area contributed by atoms with Crippen LogP contribution in [-0.2, 0) is 0 Å². The number of aliphatic hydroxyl groups is 2. The fourth-order valence-corrected chi connectivity index (χ4v) is 2.99. The maximum absolute atomic E-state index is 9.95. The average molecular weight is 300 g/mol. The molecule has 0 aromatic carbocycles. The highest BCUT2D eigenvalue weighted by Crippen LogP contribution is 2.40. The molecule has 1 fully saturated rings. The molecule has 3 unspecified atom stereocenters. The number of piperidine rings is 1. The highest BCUT2D eigenvalue weighted by molar-refractivity contribution is 8.93. The number of halogens is 1. The summed E-state index contributed by atoms with van der Waals surface area (Å²) in [5.74, 6) is 0.726. The molecule has 0 aromatic heterocycles. The standard InChI is InChI=1S/C13H17NO2.BrH/c15-12-4-3-8-7-11-9(2-1-5-14-11)6-10(8)13(12)16;/h3-4,7,9-10,13-16H,1-2,5-6H2;1H. The molecule has 0 radical (unpaired) electrons. The van der Waals surface area contributed by atoms with E-state index in [2.05, 4.69) is 11.4 Å². The minimum Gasteiger partial charge on any atom is -0.510 e. The van der Waals surface area contributed by atoms with Crippen molar-refractivity contribution in [1.82, 2.24) is 5.32 Å². The third kappa shape index (κ3) is 2.16. The zero-order valence-corrected chi connectivity index (χ0v) is 11.3. The number of allylic oxidation sites excluding steroid dienone is 4. The van der Waals surface area contributed by atoms with Crippen molar-refractivity contribution in [2.24, 2.45) is 11.8 Å². The van der Waals surface area contributed by atoms with E-state index in [0.29, 0.717) is 5.92 Å². The van der Waals surface area contributed by atoms with Gasteiger partial charge in [-0.1, -0.05) is 6.08 Å². The van der Waals surface area contributed by atoms with E-state index in [0.717, 1.165) is 18.5 Å². The predicted octanol–water partition coefficient (Wildman–Crippen LogP) is 2.21. The van der Waals surface area contributed by atoms with Crippen LogP contribution in [0.5, 0.6) is 0 Å². The molecular weight excluding hydrogens is 282 g/mol. The number of nitrogens with one attached hydrogen (secondary N) is 1. The number of hydrogen-bond donors (Lipinski definition) is 3. The Labute approximate surface area is 112 Å². The molecule has 1 saturated heterocycles. The summed E-state index contributed by atoms with van der Waals surface area (Å²) in [5, 5.41) is 22.9. The largest absolute Gasteiger partial charge is 0.510 e. The van der Waals surface area contributed by atoms with Crippen LogP contribution >= 0.6 is 17.0 Å². The highest BCUT2D eigenvalue weighted by atomic mass is 79.9. The molecule has 2 aliphatic carbocycles. The summed E-state index contributed by atoms with van der Waals surface area (Å²) in [7, 11) is 0. The van der Waals surface area contributed by atoms with Gasteiger partial charge in [0.25, 0.3) is 0 Å². The summed E-state index contributed by atoms with van der Waals surface area (Å²) in [6.45, 7) is 1.06. The van der Waals surface area contributed by atoms with Crippen molar-refractivity contribution in [3.05, 3.63) is 35.3 Å². The molecule has 3 rings (SSSR count). The quantitative estimate of drug-likeness (QED) is 0.643. The van der Waals surface area contributed by atoms with E-state index >= 15 is 0 Å². The van der Waals surface area contributed by atoms with E-state index in [9.17, 15) is 10.2 Å². The van der Waals surface area contributed by atoms with Crippen LogP contribution in [-0.4, -0.2) is 22.9 Å². The second-order valence-electron chi connectivity index (χ2n) is 4.91. The third-order valence-corrected chi connectivity index (χ3v) is 3.92. The Balaban J connectivity index is 0.00000108. The molecule has 3 nitrogen and oxygen atoms in total. The average Bonchev–Trinajstić information content (AvgIpc) is 2.32. The summed E-state index contributed by atoms with van der Waals surface area (Å²) >= 11 is 0. The Hall–Kier alpha value is -0.740. The van der Waals surface area contributed by atoms with Gasteiger partial charge in [0.2, 0.25) is 0 Å². The Bertz CT molecular complexity index is 400. The van der Waals surface area contributed by atoms with Crippen LogP contribution in [0.25, 0.3) is 0 Å². The van der Waals surface area contributed by atoms with Crippen LogP contribution in [0.1, 0.15) is 19.3 Å². The van der Waals surface area contributed by atoms with E-state index in [4.69, 9.17) is 0 Å². The smallest absolute Gasteiger partial charge is 0.121 e. The second-order valence-corrected chi connectivity index (χ2v) is 4.91. The topological polar surface area (TPSA) is 52.5 Å². The Morgan fingerprint density at radius 1 is 1.29 bits per heavy atom. The van der Waals surface area contributed by atoms with Gasteiger partial charge in [-0.05, 0) is 42.9 Å². The van der Waals surface area contributed by atoms with Crippen LogP contribution in [0.3, 0.4) is 0 Å². The molecule has 0 aromatic rings. The fraction of sp³-hybridized carbons (Fsp3) is 0.538. The van der Waals surface area contributed by atoms with Crippen LogP contribution in [0.4, 0.5) is 0 Å². The normalized spacial score (nSPS) is 35.1. The molecule has 3 atom stereocenters. The van der Waals surface area contributed by atoms with Crippen molar-refractivity contribution >= 4 is 17.0 Å². The highest BCUT2D eigenvalue weighted by Gasteiger charge is 2.35. The van der Waals surface area contributed by atoms with Crippen molar-refractivity contribution < 1.29 is 10.2 Å². The zero-order chi connectivity index (χ0) is 11.1. The number of fused-ring (bicyclic) bond motifs is 2. The maximum atomic E-state index is 9.95. The number of hydrogen-bond acceptors (Lipinski definition) is 3. The minimum absolute atomic E-state index is 0. The lowest BCUT2D eigenvalue weighted by Crippen LogP contribution is -2.37. The third-order valence-electron chi connectivity index (χ3n) is 3.92. The van der Waals surface area contributed by atoms with E-state index in [1.54, 1.807) is 6.08 Å². The van der Waals surface area contributed by atoms with Gasteiger partial charge >= 0.3 is 0 Å². The molecule has 4 heteroatoms. The Morgan fingerprint density at radius 3 is 2.94 bits per heavy atom. The predicted molar refractivity (Wildman–Crippen MR) is 72.0 cm³/mol. The van der Waals surface area contributed by atoms with Crippen molar-refractivity contribution in [3.63, 3.8) is 0 Å². The molecular formula is C13H18BrNO2. The maximum Gasteiger partial charge on any atom is 0.121 e. The molecule has 1 aliphatic heterocycles. The molecule has 0 saturated carbocycles. The van der Waals surface area contributed by atoms with Crippen LogP contribution in [0, 0.1) is 11.8 Å². The Kier molecular flexibility index (Phi) is 3.64. The molecule has 94 valence electrons. The molecule has 3 aliphatic rings. The summed E-state index contributed by atoms with van der Waals surface area (Å²) in [6, 6.07) is 0. The van der Waals surface area contributed by atoms with Gasteiger partial charge in [-0.2, -0.15) is 0 Å². The lowest BCUT2D eigenvalue weighted by Gasteiger charge is -2.38. The fourth-order valence-electron chi connectivity index (χ4n) is 2.99. The number of aliphatic hydroxyl groups excluding tert-OH is 2. The van der Waals surface area contributed by atoms with Gasteiger partial charge in [0.05, 0.1) is 0 Å². The molecule has 17 heavy (non-hydrogen) atoms. The lowest BCUT2D eigenvalue weighted by molar-refractivity contribution is 0.0950. The van der Waals surface area contributed by atoms with Gasteiger partial charge in [0.1, 0.15) is 11.9 Å². The van der Waals surface area contributed by atoms with E-state index in [1.807, 2.05) is 6.08 Å². The SMILES string of the molecule is Br.OC1=CC=C2C=C3NCCCC3CC2C1O. The van der Waals surface area contributed by atoms with Crippen molar-refractivity contribution in [1.29, 1.82) is 0 Å². The Morgan fingerprint density at radius 2 is 2.12 bits per heavy atom. The molecule has 0 amide bonds. The summed E-state index contributed by atoms with van der Waals surface area (Å²) < 4.78 is 0. The lowest BCUT2D eigenvalue weighted by atomic mass is 9.73. The van der Waals surface area contributed by atoms with E-state index in [-0.39, 0.29) is 28.7 Å². The molecule has 3 N–H and O–H groups in total. The minimum atomic E-state index is -0.709. The van der Waals surface area contributed by atoms with E-state index in [1.165, 1.54) is 18.5 Å². The van der Waals surface area contributed by atoms with Gasteiger partial charge in [0, 0.05) is 18.2 Å². The summed E-state index contributed by atoms with van der Waals surface area (Å²) in [5.41, 5.74) is 2.46. The van der Waals surface area contributed by atoms with Gasteiger partial charge in [-0.3, -0.25) is 0 Å². The van der Waals surface area contributed by atoms with Crippen LogP contribution < -0.4 is 5.32 Å². The first kappa shape index (κ1) is 12.7. The molecule has 1 heterocycles. The van der Waals surface area contributed by atoms with E-state index < -0.39 is 6.10 Å². The monoisotopic (exact) mass is 299 g/mol. The van der Waals surface area contributed by atoms with Crippen LogP contribution in [0.2, 0.25) is 0 Å². The van der Waals surface area contributed by atoms with Gasteiger partial charge in [-0.25, -0.2) is 0 Å². The van der Waals surface area contributed by atoms with Crippen LogP contribution in [0.15, 0.2) is 35.3 Å². The van der Waals surface area contributed by atoms with Crippen molar-refractivity contribution in [2.75, 3.05) is 6.54 Å². The first-order valence-corrected chi connectivity index (χ1v) is 6.00. The van der Waals surface area contributed by atoms with Crippen molar-refractivity contribution in [2.45, 2.75) is 25.4 Å². The summed E-state index contributed by atoms with van der Waals surface area (Å²) in [6.07, 6.45) is 8.32. The van der Waals surface area contributed by atoms with Gasteiger partial charge in [-0.15, -0.1) is 17.0 Å². The first-order chi connectivity index (χ1) is 7.75. The molecule has 0 bridgehead atoms. The second kappa shape index (κ2) is 4.86. The van der Waals surface area contributed by atoms with Gasteiger partial charge < -0.3 is 15.5 Å². The van der Waals surface area contributed by atoms with Gasteiger partial charge in [0.15, 0.2) is 0 Å². The van der Waals surface area contributed by atoms with Crippen molar-refractivity contribution in [3.8, 4) is 0 Å². The summed E-state index contributed by atoms with van der Waals surface area (Å²) in [4.78, 5) is 0. The first-order valence-electron chi connectivity index (χ1n) is 6.00.